The first-order valence-corrected chi connectivity index (χ1v) is 11.1. The Morgan fingerprint density at radius 3 is 2.24 bits per heavy atom. The van der Waals surface area contributed by atoms with Crippen molar-refractivity contribution in [2.24, 2.45) is 17.7 Å². The van der Waals surface area contributed by atoms with Gasteiger partial charge in [0.15, 0.2) is 0 Å². The van der Waals surface area contributed by atoms with Crippen molar-refractivity contribution in [2.75, 3.05) is 0 Å². The number of fused-ring (bicyclic) bond motifs is 4. The van der Waals surface area contributed by atoms with E-state index in [-0.39, 0.29) is 21.5 Å². The summed E-state index contributed by atoms with van der Waals surface area (Å²) in [6.07, 6.45) is -39.6. The van der Waals surface area contributed by atoms with Gasteiger partial charge in [0.1, 0.15) is 0 Å². The molecule has 7 rings (SSSR count). The second-order valence-electron chi connectivity index (χ2n) is 8.43. The Labute approximate surface area is 235 Å². The topological polar surface area (TPSA) is 0 Å². The maximum absolute atomic E-state index is 11.1. The van der Waals surface area contributed by atoms with Crippen LogP contribution in [0.2, 0.25) is 0 Å². The van der Waals surface area contributed by atoms with Gasteiger partial charge in [-0.15, -0.1) is 0 Å². The largest absolute Gasteiger partial charge is 0.0616 e. The minimum absolute atomic E-state index is 0.142. The van der Waals surface area contributed by atoms with Crippen LogP contribution in [-0.4, -0.2) is 0 Å². The van der Waals surface area contributed by atoms with E-state index in [9.17, 15) is 21.9 Å². The fourth-order valence-electron chi connectivity index (χ4n) is 5.26. The molecule has 3 aliphatic rings. The number of hydrogen-bond acceptors (Lipinski definition) is 0. The minimum atomic E-state index is -4.71. The molecule has 5 unspecified atom stereocenters. The third kappa shape index (κ3) is 3.03. The Hall–Kier alpha value is -2.60. The third-order valence-electron chi connectivity index (χ3n) is 6.69. The van der Waals surface area contributed by atoms with Gasteiger partial charge in [0.2, 0.25) is 0 Å². The third-order valence-corrected chi connectivity index (χ3v) is 6.69. The van der Waals surface area contributed by atoms with Crippen LogP contribution in [0.15, 0.2) is 84.9 Å². The second-order valence-corrected chi connectivity index (χ2v) is 8.43. The zero-order chi connectivity index (χ0) is 42.4. The van der Waals surface area contributed by atoms with Gasteiger partial charge in [0, 0.05) is 35.6 Å². The van der Waals surface area contributed by atoms with E-state index in [1.807, 2.05) is 0 Å². The van der Waals surface area contributed by atoms with Gasteiger partial charge in [-0.3, -0.25) is 0 Å². The summed E-state index contributed by atoms with van der Waals surface area (Å²) in [6.45, 7) is 0. The van der Waals surface area contributed by atoms with Crippen LogP contribution in [0, 0.1) is 17.7 Å². The fourth-order valence-corrected chi connectivity index (χ4v) is 5.26. The molecule has 5 atom stereocenters. The minimum Gasteiger partial charge on any atom is -0.0616 e. The molecule has 3 fully saturated rings. The molecule has 34 heavy (non-hydrogen) atoms. The summed E-state index contributed by atoms with van der Waals surface area (Å²) < 4.78 is 210. The highest BCUT2D eigenvalue weighted by atomic mass is 14.6. The summed E-state index contributed by atoms with van der Waals surface area (Å²) in [7, 11) is 0. The highest BCUT2D eigenvalue weighted by molar-refractivity contribution is 5.89. The van der Waals surface area contributed by atoms with Gasteiger partial charge >= 0.3 is 0 Å². The molecule has 0 bridgehead atoms. The first-order chi connectivity index (χ1) is 25.2. The van der Waals surface area contributed by atoms with Crippen LogP contribution in [0.4, 0.5) is 0 Å². The second kappa shape index (κ2) is 8.26. The molecule has 0 saturated heterocycles. The lowest BCUT2D eigenvalue weighted by molar-refractivity contribution is -0.000528. The van der Waals surface area contributed by atoms with E-state index in [0.717, 1.165) is 12.1 Å². The van der Waals surface area contributed by atoms with Gasteiger partial charge in [-0.2, -0.15) is 0 Å². The lowest BCUT2D eigenvalue weighted by Gasteiger charge is -2.60. The van der Waals surface area contributed by atoms with Crippen molar-refractivity contribution in [3.8, 4) is 0 Å². The standard InChI is InChI=1S/C34H36/c1-4-17-28-24(11-1)14-9-20-31(28)33-30-19-6-3-13-26(30)23-27-16-7-8-22-34(27,33)32-21-10-15-25-12-2-5-18-29(25)32/h1-2,4-5,9-12,14-15,17-18,20-21,26-27,30,33H,3,6-8,13,16,19,22-23H2/i3D2,6D2,7D2,8D2,13D2,16D2,19D2,22D2,23D2,26D,27D,30D,33D. The summed E-state index contributed by atoms with van der Waals surface area (Å²) >= 11 is 0. The molecule has 4 aromatic carbocycles. The molecule has 0 nitrogen and oxygen atoms in total. The predicted molar refractivity (Wildman–Crippen MR) is 144 cm³/mol. The fraction of sp³-hybridized carbons (Fsp3) is 0.412. The van der Waals surface area contributed by atoms with Crippen molar-refractivity contribution >= 4 is 21.5 Å². The first kappa shape index (κ1) is 8.22. The smallest absolute Gasteiger partial charge is 0.0365 e. The van der Waals surface area contributed by atoms with Crippen LogP contribution in [0.1, 0.15) is 105 Å². The average Bonchev–Trinajstić information content (AvgIpc) is 3.11. The number of benzene rings is 4. The van der Waals surface area contributed by atoms with Crippen molar-refractivity contribution in [1.82, 2.24) is 0 Å². The Morgan fingerprint density at radius 2 is 1.35 bits per heavy atom. The van der Waals surface area contributed by atoms with E-state index < -0.39 is 97.5 Å². The molecule has 172 valence electrons. The summed E-state index contributed by atoms with van der Waals surface area (Å²) in [5.74, 6) is -17.9. The molecule has 3 saturated carbocycles. The van der Waals surface area contributed by atoms with Crippen molar-refractivity contribution < 1.29 is 30.2 Å². The van der Waals surface area contributed by atoms with Gasteiger partial charge in [-0.05, 0) is 81.7 Å². The first-order valence-electron chi connectivity index (χ1n) is 22.1. The summed E-state index contributed by atoms with van der Waals surface area (Å²) in [6, 6.07) is 18.6. The molecule has 0 heterocycles. The van der Waals surface area contributed by atoms with Crippen LogP contribution in [0.5, 0.6) is 0 Å². The van der Waals surface area contributed by atoms with Crippen molar-refractivity contribution in [1.29, 1.82) is 0 Å². The molecule has 3 aliphatic carbocycles. The molecule has 0 heteroatoms. The average molecular weight is 467 g/mol. The Kier molecular flexibility index (Phi) is 2.00. The normalized spacial score (nSPS) is 62.7. The monoisotopic (exact) mass is 466 g/mol. The summed E-state index contributed by atoms with van der Waals surface area (Å²) in [5, 5.41) is -0.109. The van der Waals surface area contributed by atoms with E-state index in [1.165, 1.54) is 72.8 Å². The van der Waals surface area contributed by atoms with Crippen molar-refractivity contribution in [2.45, 2.75) is 68.7 Å². The van der Waals surface area contributed by atoms with Gasteiger partial charge < -0.3 is 0 Å². The lowest BCUT2D eigenvalue weighted by atomic mass is 9.44. The molecule has 0 radical (unpaired) electrons. The van der Waals surface area contributed by atoms with Crippen LogP contribution < -0.4 is 0 Å². The van der Waals surface area contributed by atoms with Gasteiger partial charge in [0.05, 0.1) is 0 Å². The number of hydrogen-bond donors (Lipinski definition) is 0. The van der Waals surface area contributed by atoms with Crippen LogP contribution in [0.3, 0.4) is 0 Å². The van der Waals surface area contributed by atoms with Crippen LogP contribution in [0.25, 0.3) is 21.5 Å². The quantitative estimate of drug-likeness (QED) is 0.276. The zero-order valence-corrected chi connectivity index (χ0v) is 18.1. The van der Waals surface area contributed by atoms with Crippen LogP contribution >= 0.6 is 0 Å². The van der Waals surface area contributed by atoms with E-state index in [4.69, 9.17) is 8.22 Å². The predicted octanol–water partition coefficient (Wildman–Crippen LogP) is 9.41. The molecular formula is C34H36. The molecule has 0 spiro atoms. The number of rotatable bonds is 2. The van der Waals surface area contributed by atoms with Crippen molar-refractivity contribution in [3.63, 3.8) is 0 Å². The maximum Gasteiger partial charge on any atom is 0.0365 e. The highest BCUT2D eigenvalue weighted by Crippen LogP contribution is 2.65. The van der Waals surface area contributed by atoms with E-state index >= 15 is 0 Å². The van der Waals surface area contributed by atoms with Gasteiger partial charge in [0.25, 0.3) is 0 Å². The summed E-state index contributed by atoms with van der Waals surface area (Å²) in [4.78, 5) is 0. The van der Waals surface area contributed by atoms with Gasteiger partial charge in [-0.25, -0.2) is 0 Å². The van der Waals surface area contributed by atoms with Gasteiger partial charge in [-0.1, -0.05) is 117 Å². The molecule has 0 amide bonds. The lowest BCUT2D eigenvalue weighted by Crippen LogP contribution is -2.53. The Balaban J connectivity index is 1.97. The molecule has 0 aromatic heterocycles. The Morgan fingerprint density at radius 1 is 0.676 bits per heavy atom. The van der Waals surface area contributed by atoms with Crippen LogP contribution in [-0.2, 0) is 5.41 Å². The molecule has 0 N–H and O–H groups in total. The molecule has 0 aliphatic heterocycles. The Bertz CT molecular complexity index is 2290. The van der Waals surface area contributed by atoms with Crippen molar-refractivity contribution in [3.05, 3.63) is 96.1 Å². The SMILES string of the molecule is [2H]C1([2H])C([2H])([2H])C([2H])([2H])C2([2H])C([2H])(c3cccc4ccccc34)C3(c4cccc5ccccc45)C([2H])([2H])C([2H])([2H])C([2H])([2H])C([2H])([2H])C3([2H])C([2H])([2H])C2([2H])C1([2H])[2H]. The molecular weight excluding hydrogens is 408 g/mol. The summed E-state index contributed by atoms with van der Waals surface area (Å²) in [5.41, 5.74) is -5.71. The molecule has 4 aromatic rings. The van der Waals surface area contributed by atoms with E-state index in [1.54, 1.807) is 0 Å². The van der Waals surface area contributed by atoms with E-state index in [2.05, 4.69) is 0 Å². The zero-order valence-electron chi connectivity index (χ0n) is 40.1. The van der Waals surface area contributed by atoms with E-state index in [0.29, 0.717) is 0 Å². The highest BCUT2D eigenvalue weighted by Gasteiger charge is 2.57. The maximum atomic E-state index is 11.1.